The molecule has 0 bridgehead atoms. The molecule has 0 saturated heterocycles. The lowest BCUT2D eigenvalue weighted by Crippen LogP contribution is -2.42. The molecule has 1 aromatic carbocycles. The number of rotatable bonds is 6. The predicted molar refractivity (Wildman–Crippen MR) is 83.4 cm³/mol. The number of carbonyl (C=O) groups excluding carboxylic acids is 1. The molecule has 0 radical (unpaired) electrons. The van der Waals surface area contributed by atoms with Gasteiger partial charge in [0.1, 0.15) is 5.82 Å². The predicted octanol–water partition coefficient (Wildman–Crippen LogP) is 3.44. The standard InChI is InChI=1S/C15H22BrFN2O/c1-10(2)19(11(3)4)9-8-18-15(20)14-12(16)6-5-7-13(14)17/h5-7,10-11H,8-9H2,1-4H3,(H,18,20). The largest absolute Gasteiger partial charge is 0.351 e. The fourth-order valence-corrected chi connectivity index (χ4v) is 2.74. The number of nitrogens with one attached hydrogen (secondary N) is 1. The normalized spacial score (nSPS) is 11.4. The van der Waals surface area contributed by atoms with E-state index in [0.717, 1.165) is 6.54 Å². The molecule has 5 heteroatoms. The third kappa shape index (κ3) is 4.56. The van der Waals surface area contributed by atoms with E-state index in [1.54, 1.807) is 12.1 Å². The average Bonchev–Trinajstić information content (AvgIpc) is 2.33. The quantitative estimate of drug-likeness (QED) is 0.857. The molecule has 0 atom stereocenters. The van der Waals surface area contributed by atoms with E-state index in [2.05, 4.69) is 53.8 Å². The highest BCUT2D eigenvalue weighted by Crippen LogP contribution is 2.19. The van der Waals surface area contributed by atoms with Gasteiger partial charge < -0.3 is 5.32 Å². The van der Waals surface area contributed by atoms with Crippen LogP contribution in [0.2, 0.25) is 0 Å². The lowest BCUT2D eigenvalue weighted by Gasteiger charge is -2.30. The Kier molecular flexibility index (Phi) is 6.62. The monoisotopic (exact) mass is 344 g/mol. The smallest absolute Gasteiger partial charge is 0.255 e. The van der Waals surface area contributed by atoms with Gasteiger partial charge in [-0.05, 0) is 55.8 Å². The third-order valence-corrected chi connectivity index (χ3v) is 3.83. The van der Waals surface area contributed by atoms with E-state index in [9.17, 15) is 9.18 Å². The molecule has 0 aromatic heterocycles. The first-order valence-corrected chi connectivity index (χ1v) is 7.61. The zero-order valence-electron chi connectivity index (χ0n) is 12.4. The first-order valence-electron chi connectivity index (χ1n) is 6.82. The molecule has 0 aliphatic carbocycles. The van der Waals surface area contributed by atoms with Gasteiger partial charge in [-0.1, -0.05) is 6.07 Å². The second-order valence-corrected chi connectivity index (χ2v) is 6.13. The molecule has 1 N–H and O–H groups in total. The zero-order chi connectivity index (χ0) is 15.3. The van der Waals surface area contributed by atoms with Crippen molar-refractivity contribution < 1.29 is 9.18 Å². The van der Waals surface area contributed by atoms with Crippen LogP contribution in [0.15, 0.2) is 22.7 Å². The number of hydrogen-bond donors (Lipinski definition) is 1. The third-order valence-electron chi connectivity index (χ3n) is 3.17. The van der Waals surface area contributed by atoms with Crippen LogP contribution in [-0.2, 0) is 0 Å². The van der Waals surface area contributed by atoms with Crippen molar-refractivity contribution in [3.63, 3.8) is 0 Å². The van der Waals surface area contributed by atoms with Crippen LogP contribution in [0.1, 0.15) is 38.1 Å². The van der Waals surface area contributed by atoms with Gasteiger partial charge in [0.2, 0.25) is 0 Å². The van der Waals surface area contributed by atoms with Gasteiger partial charge in [-0.2, -0.15) is 0 Å². The summed E-state index contributed by atoms with van der Waals surface area (Å²) in [6, 6.07) is 5.33. The van der Waals surface area contributed by atoms with Gasteiger partial charge in [0.15, 0.2) is 0 Å². The molecule has 1 aromatic rings. The fourth-order valence-electron chi connectivity index (χ4n) is 2.21. The van der Waals surface area contributed by atoms with Gasteiger partial charge in [-0.15, -0.1) is 0 Å². The average molecular weight is 345 g/mol. The van der Waals surface area contributed by atoms with E-state index in [4.69, 9.17) is 0 Å². The van der Waals surface area contributed by atoms with Crippen LogP contribution < -0.4 is 5.32 Å². The number of amides is 1. The molecule has 0 spiro atoms. The molecule has 3 nitrogen and oxygen atoms in total. The molecule has 0 unspecified atom stereocenters. The maximum absolute atomic E-state index is 13.6. The Labute approximate surface area is 128 Å². The Hall–Kier alpha value is -0.940. The number of nitrogens with zero attached hydrogens (tertiary/aromatic N) is 1. The van der Waals surface area contributed by atoms with Gasteiger partial charge in [0, 0.05) is 29.6 Å². The summed E-state index contributed by atoms with van der Waals surface area (Å²) in [6.07, 6.45) is 0. The van der Waals surface area contributed by atoms with Crippen LogP contribution in [0.5, 0.6) is 0 Å². The lowest BCUT2D eigenvalue weighted by molar-refractivity contribution is 0.0934. The van der Waals surface area contributed by atoms with Crippen molar-refractivity contribution in [2.24, 2.45) is 0 Å². The van der Waals surface area contributed by atoms with Gasteiger partial charge in [-0.3, -0.25) is 9.69 Å². The Bertz CT molecular complexity index is 435. The Morgan fingerprint density at radius 1 is 1.30 bits per heavy atom. The molecule has 0 aliphatic rings. The molecule has 0 heterocycles. The number of benzene rings is 1. The topological polar surface area (TPSA) is 32.3 Å². The van der Waals surface area contributed by atoms with E-state index in [1.807, 2.05) is 0 Å². The molecular weight excluding hydrogens is 323 g/mol. The molecule has 112 valence electrons. The van der Waals surface area contributed by atoms with E-state index >= 15 is 0 Å². The first kappa shape index (κ1) is 17.1. The van der Waals surface area contributed by atoms with Gasteiger partial charge >= 0.3 is 0 Å². The van der Waals surface area contributed by atoms with E-state index < -0.39 is 5.82 Å². The highest BCUT2D eigenvalue weighted by Gasteiger charge is 2.16. The SMILES string of the molecule is CC(C)N(CCNC(=O)c1c(F)cccc1Br)C(C)C. The van der Waals surface area contributed by atoms with Crippen LogP contribution in [0, 0.1) is 5.82 Å². The van der Waals surface area contributed by atoms with E-state index in [0.29, 0.717) is 23.1 Å². The fraction of sp³-hybridized carbons (Fsp3) is 0.533. The second-order valence-electron chi connectivity index (χ2n) is 5.28. The maximum atomic E-state index is 13.6. The van der Waals surface area contributed by atoms with Crippen molar-refractivity contribution in [1.29, 1.82) is 0 Å². The Morgan fingerprint density at radius 2 is 1.90 bits per heavy atom. The molecule has 0 fully saturated rings. The Balaban J connectivity index is 2.60. The van der Waals surface area contributed by atoms with Crippen LogP contribution in [0.25, 0.3) is 0 Å². The van der Waals surface area contributed by atoms with Crippen molar-refractivity contribution >= 4 is 21.8 Å². The summed E-state index contributed by atoms with van der Waals surface area (Å²) in [6.45, 7) is 9.72. The van der Waals surface area contributed by atoms with Crippen LogP contribution in [-0.4, -0.2) is 36.0 Å². The minimum absolute atomic E-state index is 0.0631. The molecule has 0 aliphatic heterocycles. The molecule has 1 amide bonds. The molecule has 20 heavy (non-hydrogen) atoms. The van der Waals surface area contributed by atoms with E-state index in [1.165, 1.54) is 6.07 Å². The van der Waals surface area contributed by atoms with Gasteiger partial charge in [0.05, 0.1) is 5.56 Å². The van der Waals surface area contributed by atoms with E-state index in [-0.39, 0.29) is 11.5 Å². The second kappa shape index (κ2) is 7.74. The molecule has 0 saturated carbocycles. The van der Waals surface area contributed by atoms with Crippen molar-refractivity contribution in [3.05, 3.63) is 34.1 Å². The number of halogens is 2. The lowest BCUT2D eigenvalue weighted by atomic mass is 10.2. The first-order chi connectivity index (χ1) is 9.34. The zero-order valence-corrected chi connectivity index (χ0v) is 14.0. The highest BCUT2D eigenvalue weighted by atomic mass is 79.9. The summed E-state index contributed by atoms with van der Waals surface area (Å²) in [5.41, 5.74) is 0.0631. The van der Waals surface area contributed by atoms with Crippen molar-refractivity contribution in [2.45, 2.75) is 39.8 Å². The minimum atomic E-state index is -0.513. The summed E-state index contributed by atoms with van der Waals surface area (Å²) in [5.74, 6) is -0.899. The van der Waals surface area contributed by atoms with Crippen molar-refractivity contribution in [1.82, 2.24) is 10.2 Å². The number of carbonyl (C=O) groups is 1. The van der Waals surface area contributed by atoms with Crippen molar-refractivity contribution in [3.8, 4) is 0 Å². The van der Waals surface area contributed by atoms with Gasteiger partial charge in [-0.25, -0.2) is 4.39 Å². The Morgan fingerprint density at radius 3 is 2.40 bits per heavy atom. The summed E-state index contributed by atoms with van der Waals surface area (Å²) in [4.78, 5) is 14.3. The summed E-state index contributed by atoms with van der Waals surface area (Å²) in [7, 11) is 0. The molecule has 1 rings (SSSR count). The highest BCUT2D eigenvalue weighted by molar-refractivity contribution is 9.10. The van der Waals surface area contributed by atoms with Crippen LogP contribution in [0.4, 0.5) is 4.39 Å². The summed E-state index contributed by atoms with van der Waals surface area (Å²) < 4.78 is 14.1. The maximum Gasteiger partial charge on any atom is 0.255 e. The summed E-state index contributed by atoms with van der Waals surface area (Å²) >= 11 is 3.20. The van der Waals surface area contributed by atoms with Crippen LogP contribution in [0.3, 0.4) is 0 Å². The molecular formula is C15H22BrFN2O. The van der Waals surface area contributed by atoms with Crippen molar-refractivity contribution in [2.75, 3.05) is 13.1 Å². The number of hydrogen-bond acceptors (Lipinski definition) is 2. The summed E-state index contributed by atoms with van der Waals surface area (Å²) in [5, 5.41) is 2.77. The van der Waals surface area contributed by atoms with Gasteiger partial charge in [0.25, 0.3) is 5.91 Å². The minimum Gasteiger partial charge on any atom is -0.351 e. The van der Waals surface area contributed by atoms with Crippen LogP contribution >= 0.6 is 15.9 Å².